The van der Waals surface area contributed by atoms with E-state index in [1.807, 2.05) is 32.9 Å². The summed E-state index contributed by atoms with van der Waals surface area (Å²) in [7, 11) is 0. The minimum atomic E-state index is -0.751. The molecule has 0 aliphatic heterocycles. The molecule has 1 atom stereocenters. The minimum absolute atomic E-state index is 0.219. The molecule has 0 amide bonds. The Labute approximate surface area is 78.8 Å². The predicted molar refractivity (Wildman–Crippen MR) is 52.7 cm³/mol. The predicted octanol–water partition coefficient (Wildman–Crippen LogP) is 1.64. The van der Waals surface area contributed by atoms with E-state index < -0.39 is 6.10 Å². The van der Waals surface area contributed by atoms with Crippen LogP contribution in [0.2, 0.25) is 0 Å². The van der Waals surface area contributed by atoms with Crippen molar-refractivity contribution in [1.29, 1.82) is 0 Å². The molecule has 1 aromatic rings. The van der Waals surface area contributed by atoms with Crippen LogP contribution in [0, 0.1) is 20.8 Å². The maximum atomic E-state index is 9.48. The molecule has 1 rings (SSSR count). The van der Waals surface area contributed by atoms with E-state index in [4.69, 9.17) is 5.11 Å². The molecule has 0 heterocycles. The van der Waals surface area contributed by atoms with Gasteiger partial charge in [-0.2, -0.15) is 0 Å². The largest absolute Gasteiger partial charge is 0.393 e. The Bertz CT molecular complexity index is 305. The minimum Gasteiger partial charge on any atom is -0.393 e. The molecule has 1 aromatic carbocycles. The van der Waals surface area contributed by atoms with E-state index in [-0.39, 0.29) is 6.61 Å². The van der Waals surface area contributed by atoms with E-state index in [0.29, 0.717) is 0 Å². The summed E-state index contributed by atoms with van der Waals surface area (Å²) in [5, 5.41) is 18.3. The lowest BCUT2D eigenvalue weighted by Crippen LogP contribution is -2.06. The third kappa shape index (κ3) is 1.90. The molecule has 0 aromatic heterocycles. The van der Waals surface area contributed by atoms with Crippen LogP contribution in [0.25, 0.3) is 0 Å². The first-order chi connectivity index (χ1) is 6.07. The third-order valence-electron chi connectivity index (χ3n) is 2.63. The van der Waals surface area contributed by atoms with E-state index in [1.165, 1.54) is 11.1 Å². The van der Waals surface area contributed by atoms with Gasteiger partial charge in [0.1, 0.15) is 6.10 Å². The lowest BCUT2D eigenvalue weighted by molar-refractivity contribution is 0.0950. The molecule has 0 aliphatic carbocycles. The Kier molecular flexibility index (Phi) is 3.07. The van der Waals surface area contributed by atoms with Gasteiger partial charge in [0.15, 0.2) is 0 Å². The fourth-order valence-electron chi connectivity index (χ4n) is 1.44. The van der Waals surface area contributed by atoms with Crippen LogP contribution in [0.15, 0.2) is 12.1 Å². The molecule has 0 saturated carbocycles. The van der Waals surface area contributed by atoms with Gasteiger partial charge < -0.3 is 10.2 Å². The second-order valence-corrected chi connectivity index (χ2v) is 3.42. The zero-order valence-electron chi connectivity index (χ0n) is 8.33. The summed E-state index contributed by atoms with van der Waals surface area (Å²) in [5.74, 6) is 0. The van der Waals surface area contributed by atoms with Gasteiger partial charge in [0, 0.05) is 0 Å². The highest BCUT2D eigenvalue weighted by Crippen LogP contribution is 2.22. The Morgan fingerprint density at radius 1 is 1.15 bits per heavy atom. The van der Waals surface area contributed by atoms with Gasteiger partial charge in [-0.1, -0.05) is 12.1 Å². The first-order valence-corrected chi connectivity index (χ1v) is 4.43. The quantitative estimate of drug-likeness (QED) is 0.726. The van der Waals surface area contributed by atoms with Crippen molar-refractivity contribution in [2.45, 2.75) is 26.9 Å². The van der Waals surface area contributed by atoms with Crippen LogP contribution in [-0.4, -0.2) is 16.8 Å². The lowest BCUT2D eigenvalue weighted by atomic mass is 9.96. The zero-order chi connectivity index (χ0) is 10.0. The number of hydrogen-bond acceptors (Lipinski definition) is 2. The number of aryl methyl sites for hydroxylation is 1. The van der Waals surface area contributed by atoms with Gasteiger partial charge in [-0.15, -0.1) is 0 Å². The summed E-state index contributed by atoms with van der Waals surface area (Å²) in [6.07, 6.45) is -0.751. The first-order valence-electron chi connectivity index (χ1n) is 4.43. The maximum absolute atomic E-state index is 9.48. The third-order valence-corrected chi connectivity index (χ3v) is 2.63. The second-order valence-electron chi connectivity index (χ2n) is 3.42. The van der Waals surface area contributed by atoms with Gasteiger partial charge in [0.05, 0.1) is 6.61 Å². The van der Waals surface area contributed by atoms with Crippen LogP contribution in [0.1, 0.15) is 28.4 Å². The summed E-state index contributed by atoms with van der Waals surface area (Å²) in [4.78, 5) is 0. The van der Waals surface area contributed by atoms with Crippen molar-refractivity contribution in [2.75, 3.05) is 6.61 Å². The number of rotatable bonds is 2. The number of aliphatic hydroxyl groups excluding tert-OH is 2. The molecule has 0 saturated heterocycles. The van der Waals surface area contributed by atoms with Crippen LogP contribution in [0.4, 0.5) is 0 Å². The van der Waals surface area contributed by atoms with E-state index in [0.717, 1.165) is 11.1 Å². The molecule has 0 aliphatic rings. The van der Waals surface area contributed by atoms with Crippen molar-refractivity contribution < 1.29 is 10.2 Å². The molecule has 2 heteroatoms. The van der Waals surface area contributed by atoms with Crippen molar-refractivity contribution in [2.24, 2.45) is 0 Å². The number of benzene rings is 1. The zero-order valence-corrected chi connectivity index (χ0v) is 8.33. The highest BCUT2D eigenvalue weighted by atomic mass is 16.3. The van der Waals surface area contributed by atoms with E-state index in [9.17, 15) is 5.11 Å². The molecule has 0 radical (unpaired) electrons. The summed E-state index contributed by atoms with van der Waals surface area (Å²) in [6, 6.07) is 3.84. The molecular formula is C11H16O2. The molecule has 2 nitrogen and oxygen atoms in total. The van der Waals surface area contributed by atoms with Crippen LogP contribution in [0.5, 0.6) is 0 Å². The highest BCUT2D eigenvalue weighted by Gasteiger charge is 2.10. The Hall–Kier alpha value is -0.860. The molecule has 13 heavy (non-hydrogen) atoms. The smallest absolute Gasteiger partial charge is 0.102 e. The van der Waals surface area contributed by atoms with Gasteiger partial charge in [0.2, 0.25) is 0 Å². The van der Waals surface area contributed by atoms with Crippen molar-refractivity contribution >= 4 is 0 Å². The monoisotopic (exact) mass is 180 g/mol. The molecule has 2 N–H and O–H groups in total. The Morgan fingerprint density at radius 2 is 1.77 bits per heavy atom. The first kappa shape index (κ1) is 10.2. The van der Waals surface area contributed by atoms with Crippen molar-refractivity contribution in [3.05, 3.63) is 34.4 Å². The van der Waals surface area contributed by atoms with Crippen LogP contribution < -0.4 is 0 Å². The Morgan fingerprint density at radius 3 is 2.31 bits per heavy atom. The van der Waals surface area contributed by atoms with Crippen LogP contribution in [0.3, 0.4) is 0 Å². The molecule has 0 bridgehead atoms. The van der Waals surface area contributed by atoms with Gasteiger partial charge in [-0.05, 0) is 43.0 Å². The molecule has 72 valence electrons. The second kappa shape index (κ2) is 3.90. The fourth-order valence-corrected chi connectivity index (χ4v) is 1.44. The highest BCUT2D eigenvalue weighted by molar-refractivity contribution is 5.39. The van der Waals surface area contributed by atoms with Crippen LogP contribution >= 0.6 is 0 Å². The van der Waals surface area contributed by atoms with Gasteiger partial charge in [-0.3, -0.25) is 0 Å². The average Bonchev–Trinajstić information content (AvgIpc) is 2.13. The van der Waals surface area contributed by atoms with E-state index >= 15 is 0 Å². The van der Waals surface area contributed by atoms with E-state index in [1.54, 1.807) is 0 Å². The maximum Gasteiger partial charge on any atom is 0.102 e. The van der Waals surface area contributed by atoms with Gasteiger partial charge in [0.25, 0.3) is 0 Å². The average molecular weight is 180 g/mol. The molecule has 0 spiro atoms. The molecule has 0 fully saturated rings. The lowest BCUT2D eigenvalue weighted by Gasteiger charge is -2.14. The molecule has 1 unspecified atom stereocenters. The molecular weight excluding hydrogens is 164 g/mol. The van der Waals surface area contributed by atoms with E-state index in [2.05, 4.69) is 0 Å². The van der Waals surface area contributed by atoms with Gasteiger partial charge in [-0.25, -0.2) is 0 Å². The van der Waals surface area contributed by atoms with Gasteiger partial charge >= 0.3 is 0 Å². The van der Waals surface area contributed by atoms with Crippen molar-refractivity contribution in [3.63, 3.8) is 0 Å². The summed E-state index contributed by atoms with van der Waals surface area (Å²) in [5.41, 5.74) is 4.29. The topological polar surface area (TPSA) is 40.5 Å². The van der Waals surface area contributed by atoms with Crippen LogP contribution in [-0.2, 0) is 0 Å². The fraction of sp³-hybridized carbons (Fsp3) is 0.455. The number of hydrogen-bond donors (Lipinski definition) is 2. The summed E-state index contributed by atoms with van der Waals surface area (Å²) >= 11 is 0. The summed E-state index contributed by atoms with van der Waals surface area (Å²) in [6.45, 7) is 5.82. The number of aliphatic hydroxyl groups is 2. The SMILES string of the molecule is Cc1ccc(C(O)CO)c(C)c1C. The van der Waals surface area contributed by atoms with Crippen molar-refractivity contribution in [1.82, 2.24) is 0 Å². The van der Waals surface area contributed by atoms with Crippen molar-refractivity contribution in [3.8, 4) is 0 Å². The Balaban J connectivity index is 3.18. The normalized spacial score (nSPS) is 13.0. The summed E-state index contributed by atoms with van der Waals surface area (Å²) < 4.78 is 0. The standard InChI is InChI=1S/C11H16O2/c1-7-4-5-10(11(13)6-12)9(3)8(7)2/h4-5,11-13H,6H2,1-3H3.